The molecule has 0 atom stereocenters. The Hall–Kier alpha value is -1.78. The van der Waals surface area contributed by atoms with Crippen LogP contribution in [0.2, 0.25) is 0 Å². The van der Waals surface area contributed by atoms with Gasteiger partial charge in [0, 0.05) is 13.1 Å². The minimum absolute atomic E-state index is 0.00907. The molecule has 5 heteroatoms. The van der Waals surface area contributed by atoms with Crippen molar-refractivity contribution in [2.75, 3.05) is 5.32 Å². The van der Waals surface area contributed by atoms with Gasteiger partial charge in [-0.15, -0.1) is 0 Å². The first-order valence-corrected chi connectivity index (χ1v) is 3.29. The van der Waals surface area contributed by atoms with E-state index in [4.69, 9.17) is 5.11 Å². The number of carboxylic acids is 1. The number of carbonyl (C=O) groups excluding carboxylic acids is 1. The Morgan fingerprint density at radius 3 is 2.75 bits per heavy atom. The molecule has 0 spiro atoms. The number of carbonyl (C=O) groups is 2. The number of H-pyrrole nitrogens is 1. The Labute approximate surface area is 68.4 Å². The molecule has 1 aromatic rings. The van der Waals surface area contributed by atoms with E-state index in [0.29, 0.717) is 0 Å². The van der Waals surface area contributed by atoms with Gasteiger partial charge >= 0.3 is 5.97 Å². The van der Waals surface area contributed by atoms with Crippen LogP contribution < -0.4 is 5.32 Å². The standard InChI is InChI=1S/C7H8N2O3/c1-4(10)9-5-2-3-8-6(5)7(11)12/h2-3,8H,1H3,(H,9,10)(H,11,12). The van der Waals surface area contributed by atoms with Crippen LogP contribution in [0, 0.1) is 0 Å². The maximum absolute atomic E-state index is 10.6. The molecule has 0 saturated heterocycles. The summed E-state index contributed by atoms with van der Waals surface area (Å²) in [6, 6.07) is 1.49. The van der Waals surface area contributed by atoms with Crippen LogP contribution >= 0.6 is 0 Å². The average Bonchev–Trinajstić information content (AvgIpc) is 2.33. The summed E-state index contributed by atoms with van der Waals surface area (Å²) in [6.07, 6.45) is 1.45. The molecule has 0 bridgehead atoms. The van der Waals surface area contributed by atoms with Crippen LogP contribution in [0.4, 0.5) is 5.69 Å². The van der Waals surface area contributed by atoms with Gasteiger partial charge in [0.25, 0.3) is 0 Å². The highest BCUT2D eigenvalue weighted by Crippen LogP contribution is 2.12. The van der Waals surface area contributed by atoms with Crippen LogP contribution in [-0.4, -0.2) is 22.0 Å². The Morgan fingerprint density at radius 2 is 2.25 bits per heavy atom. The number of aromatic amines is 1. The highest BCUT2D eigenvalue weighted by Gasteiger charge is 2.10. The van der Waals surface area contributed by atoms with Crippen LogP contribution in [0.25, 0.3) is 0 Å². The largest absolute Gasteiger partial charge is 0.477 e. The van der Waals surface area contributed by atoms with Crippen molar-refractivity contribution in [2.24, 2.45) is 0 Å². The Morgan fingerprint density at radius 1 is 1.58 bits per heavy atom. The van der Waals surface area contributed by atoms with Crippen molar-refractivity contribution in [1.82, 2.24) is 4.98 Å². The quantitative estimate of drug-likeness (QED) is 0.607. The van der Waals surface area contributed by atoms with Gasteiger partial charge in [0.05, 0.1) is 5.69 Å². The second-order valence-electron chi connectivity index (χ2n) is 2.25. The molecule has 0 aliphatic rings. The van der Waals surface area contributed by atoms with Gasteiger partial charge < -0.3 is 15.4 Å². The summed E-state index contributed by atoms with van der Waals surface area (Å²) in [5.74, 6) is -1.39. The third-order valence-electron chi connectivity index (χ3n) is 1.27. The molecule has 64 valence electrons. The summed E-state index contributed by atoms with van der Waals surface area (Å²) < 4.78 is 0. The van der Waals surface area contributed by atoms with Gasteiger partial charge in [-0.05, 0) is 6.07 Å². The lowest BCUT2D eigenvalue weighted by atomic mass is 10.3. The van der Waals surface area contributed by atoms with Crippen molar-refractivity contribution in [3.8, 4) is 0 Å². The van der Waals surface area contributed by atoms with Crippen LogP contribution in [0.1, 0.15) is 17.4 Å². The van der Waals surface area contributed by atoms with Gasteiger partial charge in [-0.1, -0.05) is 0 Å². The predicted octanol–water partition coefficient (Wildman–Crippen LogP) is 0.671. The fourth-order valence-corrected chi connectivity index (χ4v) is 0.840. The van der Waals surface area contributed by atoms with E-state index in [1.54, 1.807) is 0 Å². The fourth-order valence-electron chi connectivity index (χ4n) is 0.840. The number of amides is 1. The molecule has 0 saturated carbocycles. The predicted molar refractivity (Wildman–Crippen MR) is 42.1 cm³/mol. The van der Waals surface area contributed by atoms with Crippen LogP contribution in [-0.2, 0) is 4.79 Å². The molecule has 1 heterocycles. The number of anilines is 1. The third-order valence-corrected chi connectivity index (χ3v) is 1.27. The van der Waals surface area contributed by atoms with Crippen LogP contribution in [0.5, 0.6) is 0 Å². The van der Waals surface area contributed by atoms with Crippen molar-refractivity contribution >= 4 is 17.6 Å². The van der Waals surface area contributed by atoms with Crippen molar-refractivity contribution < 1.29 is 14.7 Å². The van der Waals surface area contributed by atoms with Crippen molar-refractivity contribution in [1.29, 1.82) is 0 Å². The van der Waals surface area contributed by atoms with Crippen LogP contribution in [0.3, 0.4) is 0 Å². The molecular formula is C7H8N2O3. The van der Waals surface area contributed by atoms with Gasteiger partial charge in [-0.3, -0.25) is 4.79 Å². The van der Waals surface area contributed by atoms with E-state index in [1.807, 2.05) is 0 Å². The van der Waals surface area contributed by atoms with Crippen molar-refractivity contribution in [3.05, 3.63) is 18.0 Å². The maximum Gasteiger partial charge on any atom is 0.354 e. The zero-order valence-electron chi connectivity index (χ0n) is 6.42. The molecule has 0 unspecified atom stereocenters. The fraction of sp³-hybridized carbons (Fsp3) is 0.143. The minimum atomic E-state index is -1.09. The number of nitrogens with one attached hydrogen (secondary N) is 2. The number of hydrogen-bond acceptors (Lipinski definition) is 2. The van der Waals surface area contributed by atoms with E-state index in [1.165, 1.54) is 19.2 Å². The molecule has 3 N–H and O–H groups in total. The average molecular weight is 168 g/mol. The first-order chi connectivity index (χ1) is 5.61. The summed E-state index contributed by atoms with van der Waals surface area (Å²) in [5.41, 5.74) is 0.278. The zero-order valence-corrected chi connectivity index (χ0v) is 6.42. The van der Waals surface area contributed by atoms with Crippen molar-refractivity contribution in [3.63, 3.8) is 0 Å². The summed E-state index contributed by atoms with van der Waals surface area (Å²) in [5, 5.41) is 11.0. The number of aromatic carboxylic acids is 1. The molecule has 12 heavy (non-hydrogen) atoms. The lowest BCUT2D eigenvalue weighted by Crippen LogP contribution is -2.09. The molecular weight excluding hydrogens is 160 g/mol. The first kappa shape index (κ1) is 8.32. The van der Waals surface area contributed by atoms with Gasteiger partial charge in [0.1, 0.15) is 5.69 Å². The van der Waals surface area contributed by atoms with E-state index < -0.39 is 5.97 Å². The highest BCUT2D eigenvalue weighted by atomic mass is 16.4. The topological polar surface area (TPSA) is 82.2 Å². The first-order valence-electron chi connectivity index (χ1n) is 3.29. The van der Waals surface area contributed by atoms with Gasteiger partial charge in [-0.25, -0.2) is 4.79 Å². The van der Waals surface area contributed by atoms with E-state index in [0.717, 1.165) is 0 Å². The molecule has 0 aliphatic carbocycles. The SMILES string of the molecule is CC(=O)Nc1cc[nH]c1C(=O)O. The summed E-state index contributed by atoms with van der Waals surface area (Å²) >= 11 is 0. The Balaban J connectivity index is 2.91. The van der Waals surface area contributed by atoms with E-state index in [-0.39, 0.29) is 17.3 Å². The smallest absolute Gasteiger partial charge is 0.354 e. The molecule has 0 radical (unpaired) electrons. The Kier molecular flexibility index (Phi) is 2.14. The van der Waals surface area contributed by atoms with E-state index in [2.05, 4.69) is 10.3 Å². The molecule has 5 nitrogen and oxygen atoms in total. The molecule has 0 aromatic carbocycles. The van der Waals surface area contributed by atoms with Gasteiger partial charge in [0.2, 0.25) is 5.91 Å². The molecule has 0 aliphatic heterocycles. The molecule has 1 amide bonds. The number of rotatable bonds is 2. The summed E-state index contributed by atoms with van der Waals surface area (Å²) in [7, 11) is 0. The second kappa shape index (κ2) is 3.08. The highest BCUT2D eigenvalue weighted by molar-refractivity contribution is 5.98. The Bertz CT molecular complexity index is 316. The van der Waals surface area contributed by atoms with E-state index in [9.17, 15) is 9.59 Å². The van der Waals surface area contributed by atoms with Gasteiger partial charge in [-0.2, -0.15) is 0 Å². The monoisotopic (exact) mass is 168 g/mol. The number of aromatic nitrogens is 1. The van der Waals surface area contributed by atoms with Gasteiger partial charge in [0.15, 0.2) is 0 Å². The lowest BCUT2D eigenvalue weighted by Gasteiger charge is -1.98. The molecule has 0 fully saturated rings. The zero-order chi connectivity index (χ0) is 9.14. The summed E-state index contributed by atoms with van der Waals surface area (Å²) in [6.45, 7) is 1.32. The normalized spacial score (nSPS) is 9.42. The minimum Gasteiger partial charge on any atom is -0.477 e. The number of hydrogen-bond donors (Lipinski definition) is 3. The van der Waals surface area contributed by atoms with Crippen molar-refractivity contribution in [2.45, 2.75) is 6.92 Å². The third kappa shape index (κ3) is 1.63. The second-order valence-corrected chi connectivity index (χ2v) is 2.25. The number of carboxylic acid groups (broad SMARTS) is 1. The van der Waals surface area contributed by atoms with Crippen LogP contribution in [0.15, 0.2) is 12.3 Å². The maximum atomic E-state index is 10.6. The summed E-state index contributed by atoms with van der Waals surface area (Å²) in [4.78, 5) is 23.5. The molecule has 1 rings (SSSR count). The van der Waals surface area contributed by atoms with E-state index >= 15 is 0 Å². The molecule has 1 aromatic heterocycles. The lowest BCUT2D eigenvalue weighted by molar-refractivity contribution is -0.114.